The Morgan fingerprint density at radius 2 is 2.00 bits per heavy atom. The van der Waals surface area contributed by atoms with Gasteiger partial charge in [-0.15, -0.1) is 5.10 Å². The van der Waals surface area contributed by atoms with Crippen molar-refractivity contribution in [1.82, 2.24) is 15.3 Å². The molecule has 8 nitrogen and oxygen atoms in total. The van der Waals surface area contributed by atoms with Gasteiger partial charge in [-0.25, -0.2) is 5.43 Å². The maximum Gasteiger partial charge on any atom is 0.278 e. The maximum atomic E-state index is 12.2. The van der Waals surface area contributed by atoms with Gasteiger partial charge in [0.25, 0.3) is 5.91 Å². The number of methoxy groups -OCH3 is 1. The zero-order valence-corrected chi connectivity index (χ0v) is 17.6. The van der Waals surface area contributed by atoms with Crippen molar-refractivity contribution in [3.63, 3.8) is 0 Å². The Bertz CT molecular complexity index is 1130. The first-order chi connectivity index (χ1) is 15.1. The van der Waals surface area contributed by atoms with Crippen LogP contribution in [-0.4, -0.2) is 46.3 Å². The molecule has 3 aromatic rings. The first-order valence-corrected chi connectivity index (χ1v) is 10.5. The lowest BCUT2D eigenvalue weighted by Gasteiger charge is -2.16. The van der Waals surface area contributed by atoms with Crippen molar-refractivity contribution < 1.29 is 19.1 Å². The van der Waals surface area contributed by atoms with Gasteiger partial charge >= 0.3 is 0 Å². The van der Waals surface area contributed by atoms with Crippen LogP contribution in [0.4, 0.5) is 0 Å². The highest BCUT2D eigenvalue weighted by molar-refractivity contribution is 8.15. The van der Waals surface area contributed by atoms with Crippen molar-refractivity contribution in [3.8, 4) is 11.5 Å². The number of benzene rings is 2. The molecule has 1 aliphatic heterocycles. The highest BCUT2D eigenvalue weighted by Crippen LogP contribution is 2.24. The van der Waals surface area contributed by atoms with Crippen molar-refractivity contribution >= 4 is 39.6 Å². The van der Waals surface area contributed by atoms with E-state index in [-0.39, 0.29) is 18.3 Å². The van der Waals surface area contributed by atoms with E-state index >= 15 is 0 Å². The van der Waals surface area contributed by atoms with E-state index < -0.39 is 5.91 Å². The van der Waals surface area contributed by atoms with E-state index in [4.69, 9.17) is 9.47 Å². The van der Waals surface area contributed by atoms with E-state index in [0.717, 1.165) is 16.7 Å². The fraction of sp³-hybridized carbons (Fsp3) is 0.182. The summed E-state index contributed by atoms with van der Waals surface area (Å²) in [6, 6.07) is 16.7. The van der Waals surface area contributed by atoms with E-state index in [1.165, 1.54) is 11.8 Å². The molecular formula is C22H20N4O4S. The number of nitrogens with zero attached hydrogens (tertiary/aromatic N) is 3. The number of pyridine rings is 1. The number of ether oxygens (including phenoxy) is 2. The summed E-state index contributed by atoms with van der Waals surface area (Å²) in [5.41, 5.74) is 4.09. The van der Waals surface area contributed by atoms with Crippen molar-refractivity contribution in [2.45, 2.75) is 6.54 Å². The molecule has 2 heterocycles. The number of rotatable bonds is 7. The second kappa shape index (κ2) is 9.48. The quantitative estimate of drug-likeness (QED) is 0.573. The minimum Gasteiger partial charge on any atom is -0.497 e. The molecule has 0 unspecified atom stereocenters. The zero-order valence-electron chi connectivity index (χ0n) is 16.8. The van der Waals surface area contributed by atoms with E-state index in [1.54, 1.807) is 24.3 Å². The molecule has 158 valence electrons. The summed E-state index contributed by atoms with van der Waals surface area (Å²) in [5.74, 6) is 1.06. The molecule has 0 saturated carbocycles. The third-order valence-electron chi connectivity index (χ3n) is 4.59. The number of para-hydroxylation sites is 1. The van der Waals surface area contributed by atoms with Gasteiger partial charge in [0.2, 0.25) is 5.91 Å². The molecule has 4 rings (SSSR count). The molecule has 1 fully saturated rings. The normalized spacial score (nSPS) is 14.8. The average Bonchev–Trinajstić information content (AvgIpc) is 3.15. The smallest absolute Gasteiger partial charge is 0.278 e. The molecule has 0 radical (unpaired) electrons. The van der Waals surface area contributed by atoms with Gasteiger partial charge in [0.1, 0.15) is 17.0 Å². The van der Waals surface area contributed by atoms with E-state index in [2.05, 4.69) is 15.5 Å². The van der Waals surface area contributed by atoms with Gasteiger partial charge in [0, 0.05) is 11.6 Å². The van der Waals surface area contributed by atoms with Crippen LogP contribution in [0, 0.1) is 0 Å². The lowest BCUT2D eigenvalue weighted by atomic mass is 10.2. The van der Waals surface area contributed by atoms with Crippen LogP contribution in [0.1, 0.15) is 5.56 Å². The van der Waals surface area contributed by atoms with Crippen LogP contribution in [0.5, 0.6) is 11.5 Å². The third-order valence-corrected chi connectivity index (χ3v) is 5.55. The molecule has 0 aliphatic carbocycles. The van der Waals surface area contributed by atoms with E-state index in [0.29, 0.717) is 23.0 Å². The minimum atomic E-state index is -0.426. The number of amides is 2. The molecule has 0 spiro atoms. The number of thioether (sulfide) groups is 1. The number of nitrogens with one attached hydrogen (secondary N) is 1. The third kappa shape index (κ3) is 4.95. The molecule has 1 aromatic heterocycles. The summed E-state index contributed by atoms with van der Waals surface area (Å²) in [5, 5.41) is 5.50. The Labute approximate surface area is 183 Å². The van der Waals surface area contributed by atoms with Crippen molar-refractivity contribution in [1.29, 1.82) is 0 Å². The molecule has 31 heavy (non-hydrogen) atoms. The average molecular weight is 436 g/mol. The number of carbonyl (C=O) groups is 2. The van der Waals surface area contributed by atoms with Crippen LogP contribution in [0.15, 0.2) is 65.9 Å². The summed E-state index contributed by atoms with van der Waals surface area (Å²) in [4.78, 5) is 30.3. The van der Waals surface area contributed by atoms with E-state index in [1.807, 2.05) is 48.5 Å². The van der Waals surface area contributed by atoms with Crippen LogP contribution >= 0.6 is 11.8 Å². The summed E-state index contributed by atoms with van der Waals surface area (Å²) in [6.45, 7) is 0.145. The van der Waals surface area contributed by atoms with Gasteiger partial charge in [-0.05, 0) is 29.8 Å². The van der Waals surface area contributed by atoms with Crippen LogP contribution in [0.2, 0.25) is 0 Å². The van der Waals surface area contributed by atoms with E-state index in [9.17, 15) is 9.59 Å². The molecular weight excluding hydrogens is 416 g/mol. The van der Waals surface area contributed by atoms with Crippen molar-refractivity contribution in [2.24, 2.45) is 5.10 Å². The van der Waals surface area contributed by atoms with Gasteiger partial charge < -0.3 is 9.47 Å². The number of hydrogen-bond donors (Lipinski definition) is 1. The highest BCUT2D eigenvalue weighted by atomic mass is 32.2. The van der Waals surface area contributed by atoms with Crippen molar-refractivity contribution in [2.75, 3.05) is 19.5 Å². The Balaban J connectivity index is 1.37. The Morgan fingerprint density at radius 3 is 2.81 bits per heavy atom. The summed E-state index contributed by atoms with van der Waals surface area (Å²) in [6.07, 6.45) is 1.67. The molecule has 1 saturated heterocycles. The Morgan fingerprint density at radius 1 is 1.19 bits per heavy atom. The molecule has 2 amide bonds. The number of aromatic nitrogens is 1. The second-order valence-electron chi connectivity index (χ2n) is 6.67. The molecule has 2 aromatic carbocycles. The van der Waals surface area contributed by atoms with Gasteiger partial charge in [-0.2, -0.15) is 0 Å². The van der Waals surface area contributed by atoms with Gasteiger partial charge in [-0.1, -0.05) is 42.1 Å². The summed E-state index contributed by atoms with van der Waals surface area (Å²) >= 11 is 1.28. The minimum absolute atomic E-state index is 0.0631. The maximum absolute atomic E-state index is 12.2. The van der Waals surface area contributed by atoms with Crippen molar-refractivity contribution in [3.05, 3.63) is 66.4 Å². The lowest BCUT2D eigenvalue weighted by molar-refractivity contribution is -0.125. The number of carbonyl (C=O) groups excluding carboxylic acids is 2. The highest BCUT2D eigenvalue weighted by Gasteiger charge is 2.28. The number of hydrogen-bond acceptors (Lipinski definition) is 7. The van der Waals surface area contributed by atoms with Crippen LogP contribution in [0.25, 0.3) is 10.9 Å². The largest absolute Gasteiger partial charge is 0.497 e. The van der Waals surface area contributed by atoms with Gasteiger partial charge in [0.05, 0.1) is 19.4 Å². The molecule has 0 bridgehead atoms. The SMILES string of the molecule is COc1ccc(CN2C(=O)CSC2=NNC(=O)COc2cccc3cccnc23)cc1. The zero-order chi connectivity index (χ0) is 21.6. The summed E-state index contributed by atoms with van der Waals surface area (Å²) in [7, 11) is 1.60. The number of amidine groups is 1. The number of fused-ring (bicyclic) bond motifs is 1. The molecule has 1 aliphatic rings. The fourth-order valence-electron chi connectivity index (χ4n) is 3.03. The standard InChI is InChI=1S/C22H20N4O4S/c1-29-17-9-7-15(8-10-17)12-26-20(28)14-31-22(26)25-24-19(27)13-30-18-6-2-4-16-5-3-11-23-21(16)18/h2-11H,12-14H2,1H3,(H,24,27). The predicted molar refractivity (Wildman–Crippen MR) is 119 cm³/mol. The van der Waals surface area contributed by atoms with Crippen LogP contribution in [0.3, 0.4) is 0 Å². The topological polar surface area (TPSA) is 93.1 Å². The molecule has 0 atom stereocenters. The monoisotopic (exact) mass is 436 g/mol. The first-order valence-electron chi connectivity index (χ1n) is 9.53. The van der Waals surface area contributed by atoms with Crippen LogP contribution < -0.4 is 14.9 Å². The number of hydrazone groups is 1. The van der Waals surface area contributed by atoms with Gasteiger partial charge in [0.15, 0.2) is 11.8 Å². The predicted octanol–water partition coefficient (Wildman–Crippen LogP) is 2.79. The Hall–Kier alpha value is -3.59. The van der Waals surface area contributed by atoms with Crippen LogP contribution in [-0.2, 0) is 16.1 Å². The summed E-state index contributed by atoms with van der Waals surface area (Å²) < 4.78 is 10.8. The Kier molecular flexibility index (Phi) is 6.32. The molecule has 9 heteroatoms. The van der Waals surface area contributed by atoms with Gasteiger partial charge in [-0.3, -0.25) is 19.5 Å². The second-order valence-corrected chi connectivity index (χ2v) is 7.61. The first kappa shape index (κ1) is 20.7. The fourth-order valence-corrected chi connectivity index (χ4v) is 3.87. The lowest BCUT2D eigenvalue weighted by Crippen LogP contribution is -2.32. The molecule has 1 N–H and O–H groups in total.